The van der Waals surface area contributed by atoms with Crippen LogP contribution in [0, 0.1) is 5.92 Å². The number of ether oxygens (including phenoxy) is 1. The summed E-state index contributed by atoms with van der Waals surface area (Å²) in [7, 11) is 0. The predicted molar refractivity (Wildman–Crippen MR) is 91.9 cm³/mol. The van der Waals surface area contributed by atoms with Crippen LogP contribution >= 0.6 is 0 Å². The van der Waals surface area contributed by atoms with E-state index in [-0.39, 0.29) is 11.1 Å². The Morgan fingerprint density at radius 2 is 2.36 bits per heavy atom. The van der Waals surface area contributed by atoms with Gasteiger partial charge in [0.15, 0.2) is 0 Å². The summed E-state index contributed by atoms with van der Waals surface area (Å²) in [5.74, 6) is 1.47. The molecule has 4 heterocycles. The molecule has 0 spiro atoms. The second-order valence-electron chi connectivity index (χ2n) is 7.35. The SMILES string of the molecule is O=c1[nH]c(CN2CC[C@@H]3CC[C@@]32c2cccnc2)nc2c1COCC2. The lowest BCUT2D eigenvalue weighted by atomic mass is 9.64. The summed E-state index contributed by atoms with van der Waals surface area (Å²) in [6, 6.07) is 4.22. The molecule has 2 aromatic rings. The van der Waals surface area contributed by atoms with Crippen LogP contribution in [-0.2, 0) is 29.8 Å². The number of hydrogen-bond acceptors (Lipinski definition) is 5. The fourth-order valence-corrected chi connectivity index (χ4v) is 4.88. The highest BCUT2D eigenvalue weighted by atomic mass is 16.5. The van der Waals surface area contributed by atoms with E-state index in [0.29, 0.717) is 31.2 Å². The van der Waals surface area contributed by atoms with Crippen molar-refractivity contribution in [3.05, 3.63) is 57.5 Å². The second kappa shape index (κ2) is 5.75. The highest BCUT2D eigenvalue weighted by Gasteiger charge is 2.55. The first-order valence-corrected chi connectivity index (χ1v) is 9.11. The van der Waals surface area contributed by atoms with Gasteiger partial charge in [-0.25, -0.2) is 4.98 Å². The topological polar surface area (TPSA) is 71.1 Å². The molecule has 2 atom stereocenters. The molecule has 2 aromatic heterocycles. The van der Waals surface area contributed by atoms with E-state index in [0.717, 1.165) is 30.9 Å². The van der Waals surface area contributed by atoms with E-state index in [1.165, 1.54) is 18.4 Å². The molecule has 130 valence electrons. The van der Waals surface area contributed by atoms with Crippen LogP contribution in [0.25, 0.3) is 0 Å². The average Bonchev–Trinajstić information content (AvgIpc) is 2.86. The van der Waals surface area contributed by atoms with Crippen LogP contribution in [0.5, 0.6) is 0 Å². The third-order valence-electron chi connectivity index (χ3n) is 6.24. The van der Waals surface area contributed by atoms with Crippen molar-refractivity contribution in [1.82, 2.24) is 19.9 Å². The molecule has 0 aromatic carbocycles. The van der Waals surface area contributed by atoms with Crippen molar-refractivity contribution >= 4 is 0 Å². The molecule has 5 rings (SSSR count). The van der Waals surface area contributed by atoms with Gasteiger partial charge in [-0.2, -0.15) is 0 Å². The summed E-state index contributed by atoms with van der Waals surface area (Å²) in [6.45, 7) is 2.76. The van der Waals surface area contributed by atoms with Crippen LogP contribution < -0.4 is 5.56 Å². The number of rotatable bonds is 3. The summed E-state index contributed by atoms with van der Waals surface area (Å²) < 4.78 is 5.39. The number of likely N-dealkylation sites (tertiary alicyclic amines) is 1. The Morgan fingerprint density at radius 3 is 3.16 bits per heavy atom. The number of pyridine rings is 1. The number of H-pyrrole nitrogens is 1. The Bertz CT molecular complexity index is 850. The van der Waals surface area contributed by atoms with Crippen LogP contribution in [0.2, 0.25) is 0 Å². The summed E-state index contributed by atoms with van der Waals surface area (Å²) in [6.07, 6.45) is 8.20. The zero-order valence-electron chi connectivity index (χ0n) is 14.2. The normalized spacial score (nSPS) is 28.2. The van der Waals surface area contributed by atoms with Crippen LogP contribution in [0.15, 0.2) is 29.3 Å². The number of aromatic nitrogens is 3. The maximum atomic E-state index is 12.4. The van der Waals surface area contributed by atoms with Gasteiger partial charge in [0.05, 0.1) is 36.6 Å². The molecule has 3 aliphatic rings. The summed E-state index contributed by atoms with van der Waals surface area (Å²) in [4.78, 5) is 26.9. The third kappa shape index (κ3) is 2.28. The minimum atomic E-state index is -0.0421. The van der Waals surface area contributed by atoms with Gasteiger partial charge in [0.1, 0.15) is 5.82 Å². The highest BCUT2D eigenvalue weighted by molar-refractivity contribution is 5.29. The fraction of sp³-hybridized carbons (Fsp3) is 0.526. The highest BCUT2D eigenvalue weighted by Crippen LogP contribution is 2.56. The van der Waals surface area contributed by atoms with Crippen molar-refractivity contribution in [3.8, 4) is 0 Å². The summed E-state index contributed by atoms with van der Waals surface area (Å²) in [5, 5.41) is 0. The molecular weight excluding hydrogens is 316 g/mol. The fourth-order valence-electron chi connectivity index (χ4n) is 4.88. The van der Waals surface area contributed by atoms with Crippen LogP contribution in [0.1, 0.15) is 41.9 Å². The average molecular weight is 338 g/mol. The number of hydrogen-bond donors (Lipinski definition) is 1. The Morgan fingerprint density at radius 1 is 1.40 bits per heavy atom. The standard InChI is InChI=1S/C19H22N4O2/c24-18-15-12-25-9-5-16(15)21-17(22-18)11-23-8-4-13-3-6-19(13,23)14-2-1-7-20-10-14/h1-2,7,10,13H,3-6,8-9,11-12H2,(H,21,22,24)/t13-,19-/m0/s1. The molecule has 0 radical (unpaired) electrons. The molecule has 25 heavy (non-hydrogen) atoms. The Kier molecular flexibility index (Phi) is 3.50. The lowest BCUT2D eigenvalue weighted by molar-refractivity contribution is 0.00651. The smallest absolute Gasteiger partial charge is 0.256 e. The van der Waals surface area contributed by atoms with Gasteiger partial charge < -0.3 is 9.72 Å². The number of aromatic amines is 1. The van der Waals surface area contributed by atoms with Crippen molar-refractivity contribution in [2.45, 2.75) is 44.4 Å². The minimum Gasteiger partial charge on any atom is -0.376 e. The molecule has 1 N–H and O–H groups in total. The Balaban J connectivity index is 1.48. The van der Waals surface area contributed by atoms with Crippen LogP contribution in [0.3, 0.4) is 0 Å². The zero-order valence-corrected chi connectivity index (χ0v) is 14.2. The first kappa shape index (κ1) is 15.2. The molecule has 0 bridgehead atoms. The van der Waals surface area contributed by atoms with E-state index < -0.39 is 0 Å². The number of nitrogens with one attached hydrogen (secondary N) is 1. The molecule has 0 amide bonds. The first-order valence-electron chi connectivity index (χ1n) is 9.11. The predicted octanol–water partition coefficient (Wildman–Crippen LogP) is 1.75. The van der Waals surface area contributed by atoms with E-state index in [9.17, 15) is 4.79 Å². The molecule has 6 heteroatoms. The van der Waals surface area contributed by atoms with Gasteiger partial charge in [-0.3, -0.25) is 14.7 Å². The Hall–Kier alpha value is -2.05. The zero-order chi connectivity index (χ0) is 16.9. The maximum absolute atomic E-state index is 12.4. The van der Waals surface area contributed by atoms with E-state index in [1.54, 1.807) is 0 Å². The molecule has 2 fully saturated rings. The maximum Gasteiger partial charge on any atom is 0.256 e. The molecule has 1 aliphatic carbocycles. The van der Waals surface area contributed by atoms with Crippen molar-refractivity contribution in [2.24, 2.45) is 5.92 Å². The minimum absolute atomic E-state index is 0.0421. The number of fused-ring (bicyclic) bond motifs is 2. The Labute approximate surface area is 146 Å². The van der Waals surface area contributed by atoms with Crippen molar-refractivity contribution in [1.29, 1.82) is 0 Å². The first-order chi connectivity index (χ1) is 12.3. The molecule has 6 nitrogen and oxygen atoms in total. The van der Waals surface area contributed by atoms with Crippen molar-refractivity contribution < 1.29 is 4.74 Å². The van der Waals surface area contributed by atoms with Crippen LogP contribution in [-0.4, -0.2) is 33.0 Å². The molecular formula is C19H22N4O2. The molecule has 1 saturated heterocycles. The lowest BCUT2D eigenvalue weighted by Gasteiger charge is -2.50. The van der Waals surface area contributed by atoms with Crippen molar-refractivity contribution in [2.75, 3.05) is 13.2 Å². The summed E-state index contributed by atoms with van der Waals surface area (Å²) >= 11 is 0. The van der Waals surface area contributed by atoms with Gasteiger partial charge in [0.2, 0.25) is 0 Å². The number of nitrogens with zero attached hydrogens (tertiary/aromatic N) is 3. The quantitative estimate of drug-likeness (QED) is 0.923. The van der Waals surface area contributed by atoms with E-state index in [2.05, 4.69) is 20.9 Å². The monoisotopic (exact) mass is 338 g/mol. The summed E-state index contributed by atoms with van der Waals surface area (Å²) in [5.41, 5.74) is 2.94. The van der Waals surface area contributed by atoms with Crippen molar-refractivity contribution in [3.63, 3.8) is 0 Å². The van der Waals surface area contributed by atoms with Gasteiger partial charge in [-0.05, 0) is 43.4 Å². The third-order valence-corrected chi connectivity index (χ3v) is 6.24. The molecule has 2 aliphatic heterocycles. The van der Waals surface area contributed by atoms with E-state index in [4.69, 9.17) is 9.72 Å². The van der Waals surface area contributed by atoms with Gasteiger partial charge in [-0.1, -0.05) is 6.07 Å². The van der Waals surface area contributed by atoms with E-state index >= 15 is 0 Å². The van der Waals surface area contributed by atoms with Gasteiger partial charge >= 0.3 is 0 Å². The van der Waals surface area contributed by atoms with E-state index in [1.807, 2.05) is 18.5 Å². The lowest BCUT2D eigenvalue weighted by Crippen LogP contribution is -2.51. The van der Waals surface area contributed by atoms with Gasteiger partial charge in [0.25, 0.3) is 5.56 Å². The molecule has 1 saturated carbocycles. The van der Waals surface area contributed by atoms with Gasteiger partial charge in [0, 0.05) is 18.8 Å². The van der Waals surface area contributed by atoms with Crippen LogP contribution in [0.4, 0.5) is 0 Å². The second-order valence-corrected chi connectivity index (χ2v) is 7.35. The largest absolute Gasteiger partial charge is 0.376 e. The van der Waals surface area contributed by atoms with Gasteiger partial charge in [-0.15, -0.1) is 0 Å². The molecule has 0 unspecified atom stereocenters.